The molecule has 0 aliphatic carbocycles. The van der Waals surface area contributed by atoms with E-state index in [4.69, 9.17) is 19.3 Å². The average molecular weight is 1020 g/mol. The molecule has 2 fully saturated rings. The predicted molar refractivity (Wildman–Crippen MR) is 285 cm³/mol. The number of piperidine rings is 1. The quantitative estimate of drug-likeness (QED) is 0.0822. The summed E-state index contributed by atoms with van der Waals surface area (Å²) in [6.07, 6.45) is 8.89. The molecular formula is C55H69N13O7. The molecule has 4 aromatic heterocycles. The second kappa shape index (κ2) is 24.1. The van der Waals surface area contributed by atoms with Crippen LogP contribution in [-0.4, -0.2) is 173 Å². The van der Waals surface area contributed by atoms with Gasteiger partial charge in [0.1, 0.15) is 23.9 Å². The van der Waals surface area contributed by atoms with Crippen molar-refractivity contribution in [1.82, 2.24) is 58.7 Å². The summed E-state index contributed by atoms with van der Waals surface area (Å²) >= 11 is 0. The predicted octanol–water partition coefficient (Wildman–Crippen LogP) is 5.98. The van der Waals surface area contributed by atoms with Crippen LogP contribution >= 0.6 is 0 Å². The van der Waals surface area contributed by atoms with Gasteiger partial charge in [-0.15, -0.1) is 5.10 Å². The lowest BCUT2D eigenvalue weighted by atomic mass is 9.95. The van der Waals surface area contributed by atoms with Gasteiger partial charge in [-0.2, -0.15) is 10.2 Å². The number of nitrogens with zero attached hydrogens (tertiary/aromatic N) is 11. The second-order valence-electron chi connectivity index (χ2n) is 20.1. The van der Waals surface area contributed by atoms with E-state index >= 15 is 0 Å². The molecule has 0 unspecified atom stereocenters. The van der Waals surface area contributed by atoms with Gasteiger partial charge in [-0.1, -0.05) is 26.0 Å². The molecule has 4 aliphatic heterocycles. The molecule has 20 nitrogen and oxygen atoms in total. The number of nitrogens with one attached hydrogen (secondary N) is 2. The summed E-state index contributed by atoms with van der Waals surface area (Å²) in [4.78, 5) is 39.9. The summed E-state index contributed by atoms with van der Waals surface area (Å²) in [6, 6.07) is 23.0. The second-order valence-corrected chi connectivity index (χ2v) is 20.1. The lowest BCUT2D eigenvalue weighted by molar-refractivity contribution is -0.134. The molecule has 0 spiro atoms. The van der Waals surface area contributed by atoms with Crippen molar-refractivity contribution in [3.63, 3.8) is 0 Å². The zero-order valence-corrected chi connectivity index (χ0v) is 43.0. The molecule has 2 saturated heterocycles. The maximum Gasteiger partial charge on any atom is 0.348 e. The number of ether oxygens (including phenoxy) is 3. The molecule has 7 aromatic rings. The molecule has 0 atom stereocenters. The number of phenolic OH excluding ortho intramolecular Hbond substituents is 2. The van der Waals surface area contributed by atoms with Gasteiger partial charge in [-0.05, 0) is 96.8 Å². The Balaban J connectivity index is 0.595. The number of amides is 1. The van der Waals surface area contributed by atoms with E-state index in [1.54, 1.807) is 12.3 Å². The summed E-state index contributed by atoms with van der Waals surface area (Å²) in [5.74, 6) is 2.19. The number of likely N-dealkylation sites (tertiary alicyclic amines) is 1. The number of aromatic amines is 1. The third kappa shape index (κ3) is 12.9. The highest BCUT2D eigenvalue weighted by molar-refractivity contribution is 5.76. The number of carbonyl (C=O) groups excluding carboxylic acids is 1. The molecule has 6 bridgehead atoms. The minimum Gasteiger partial charge on any atom is -0.508 e. The lowest BCUT2D eigenvalue weighted by Gasteiger charge is -2.39. The van der Waals surface area contributed by atoms with Crippen LogP contribution < -0.4 is 15.7 Å². The Kier molecular flexibility index (Phi) is 16.5. The van der Waals surface area contributed by atoms with Gasteiger partial charge in [0.2, 0.25) is 11.9 Å². The van der Waals surface area contributed by atoms with Crippen molar-refractivity contribution in [3.8, 4) is 45.6 Å². The first-order chi connectivity index (χ1) is 36.6. The lowest BCUT2D eigenvalue weighted by Crippen LogP contribution is -2.48. The van der Waals surface area contributed by atoms with Crippen LogP contribution in [-0.2, 0) is 27.4 Å². The van der Waals surface area contributed by atoms with Crippen LogP contribution in [0.4, 0.5) is 11.6 Å². The Hall–Kier alpha value is -7.10. The maximum absolute atomic E-state index is 13.1. The zero-order valence-electron chi connectivity index (χ0n) is 43.0. The van der Waals surface area contributed by atoms with Gasteiger partial charge in [0, 0.05) is 96.4 Å². The first-order valence-electron chi connectivity index (χ1n) is 26.4. The Morgan fingerprint density at radius 2 is 1.59 bits per heavy atom. The van der Waals surface area contributed by atoms with Crippen molar-refractivity contribution >= 4 is 23.1 Å². The fourth-order valence-electron chi connectivity index (χ4n) is 10.3. The smallest absolute Gasteiger partial charge is 0.348 e. The highest BCUT2D eigenvalue weighted by Gasteiger charge is 2.27. The van der Waals surface area contributed by atoms with Crippen molar-refractivity contribution in [1.29, 1.82) is 0 Å². The van der Waals surface area contributed by atoms with Gasteiger partial charge in [-0.3, -0.25) is 19.3 Å². The van der Waals surface area contributed by atoms with Crippen LogP contribution in [0.3, 0.4) is 0 Å². The minimum atomic E-state index is -0.413. The summed E-state index contributed by atoms with van der Waals surface area (Å²) in [6.45, 7) is 16.8. The minimum absolute atomic E-state index is 0.00385. The summed E-state index contributed by atoms with van der Waals surface area (Å²) in [7, 11) is 0. The van der Waals surface area contributed by atoms with Crippen LogP contribution in [0, 0.1) is 5.92 Å². The van der Waals surface area contributed by atoms with Crippen molar-refractivity contribution in [3.05, 3.63) is 113 Å². The van der Waals surface area contributed by atoms with Crippen molar-refractivity contribution in [2.24, 2.45) is 5.92 Å². The molecule has 396 valence electrons. The summed E-state index contributed by atoms with van der Waals surface area (Å²) in [5, 5.41) is 40.4. The third-order valence-corrected chi connectivity index (χ3v) is 14.6. The molecule has 75 heavy (non-hydrogen) atoms. The van der Waals surface area contributed by atoms with E-state index in [-0.39, 0.29) is 29.1 Å². The molecule has 1 amide bonds. The van der Waals surface area contributed by atoms with E-state index in [0.717, 1.165) is 132 Å². The van der Waals surface area contributed by atoms with Crippen molar-refractivity contribution in [2.75, 3.05) is 104 Å². The van der Waals surface area contributed by atoms with Crippen molar-refractivity contribution in [2.45, 2.75) is 58.5 Å². The first-order valence-corrected chi connectivity index (χ1v) is 26.4. The van der Waals surface area contributed by atoms with E-state index in [9.17, 15) is 19.8 Å². The number of H-pyrrole nitrogens is 1. The largest absolute Gasteiger partial charge is 0.508 e. The fraction of sp³-hybridized carbons (Fsp3) is 0.455. The molecule has 4 N–H and O–H groups in total. The van der Waals surface area contributed by atoms with Gasteiger partial charge in [0.05, 0.1) is 73.4 Å². The molecule has 20 heteroatoms. The van der Waals surface area contributed by atoms with Crippen LogP contribution in [0.2, 0.25) is 0 Å². The standard InChI is InChI=1S/C55H69N13O7/c1-39(2)47-32-48(51(70)33-50(47)69)53-59-60-55(72)67(53)44-8-4-40(5-9-44)36-63-21-23-64(24-22-63)37-41-14-19-65(20-15-41)52(71)16-27-73-30-31-74-28-25-62-17-3-18-66-38-43(34-57-66)58-54-56-35-45-10-13-49(68(45)61-54)42-6-11-46(12-7-42)75-29-26-62/h4-13,32-35,38-39,41,69-70H,3,14-31,36-37H2,1-2H3,(H,58,61)(H,60,72). The number of hydrogen-bond acceptors (Lipinski definition) is 15. The van der Waals surface area contributed by atoms with E-state index in [1.165, 1.54) is 10.6 Å². The van der Waals surface area contributed by atoms with E-state index in [0.29, 0.717) is 68.1 Å². The number of piperazine rings is 1. The van der Waals surface area contributed by atoms with Gasteiger partial charge < -0.3 is 39.5 Å². The number of fused-ring (bicyclic) bond motifs is 8. The highest BCUT2D eigenvalue weighted by Crippen LogP contribution is 2.37. The topological polar surface area (TPSA) is 209 Å². The van der Waals surface area contributed by atoms with Gasteiger partial charge in [-0.25, -0.2) is 24.0 Å². The Labute approximate surface area is 436 Å². The van der Waals surface area contributed by atoms with Crippen molar-refractivity contribution < 1.29 is 29.2 Å². The Bertz CT molecular complexity index is 3040. The Morgan fingerprint density at radius 1 is 0.813 bits per heavy atom. The zero-order chi connectivity index (χ0) is 51.7. The highest BCUT2D eigenvalue weighted by atomic mass is 16.5. The fourth-order valence-corrected chi connectivity index (χ4v) is 10.3. The normalized spacial score (nSPS) is 16.5. The number of phenols is 2. The van der Waals surface area contributed by atoms with E-state index in [1.807, 2.05) is 88.9 Å². The van der Waals surface area contributed by atoms with E-state index < -0.39 is 5.69 Å². The van der Waals surface area contributed by atoms with Crippen LogP contribution in [0.5, 0.6) is 17.2 Å². The van der Waals surface area contributed by atoms with E-state index in [2.05, 4.69) is 52.4 Å². The SMILES string of the molecule is CC(C)c1cc(-c2n[nH]c(=O)n2-c2ccc(CN3CCN(CC4CCN(C(=O)CCOCCOCCN5CCCn6cc(cn6)Nc6ncc7ccc(n7n6)-c6ccc(cc6)OCC5)CC4)CC3)cc2)c(O)cc1O. The molecule has 11 rings (SSSR count). The van der Waals surface area contributed by atoms with Gasteiger partial charge >= 0.3 is 5.69 Å². The Morgan fingerprint density at radius 3 is 2.37 bits per heavy atom. The molecule has 0 saturated carbocycles. The maximum atomic E-state index is 13.1. The van der Waals surface area contributed by atoms with Crippen LogP contribution in [0.1, 0.15) is 56.6 Å². The average Bonchev–Trinajstić information content (AvgIpc) is 4.16. The number of anilines is 2. The van der Waals surface area contributed by atoms with Gasteiger partial charge in [0.25, 0.3) is 0 Å². The van der Waals surface area contributed by atoms with Crippen LogP contribution in [0.15, 0.2) is 96.2 Å². The number of aromatic nitrogens is 8. The number of aryl methyl sites for hydroxylation is 1. The van der Waals surface area contributed by atoms with Crippen LogP contribution in [0.25, 0.3) is 33.8 Å². The number of carbonyl (C=O) groups is 1. The number of rotatable bonds is 16. The third-order valence-electron chi connectivity index (χ3n) is 14.6. The summed E-state index contributed by atoms with van der Waals surface area (Å²) < 4.78 is 23.3. The number of benzene rings is 3. The molecular weight excluding hydrogens is 955 g/mol. The monoisotopic (exact) mass is 1020 g/mol. The number of aromatic hydroxyl groups is 2. The van der Waals surface area contributed by atoms with Gasteiger partial charge in [0.15, 0.2) is 5.82 Å². The molecule has 4 aliphatic rings. The summed E-state index contributed by atoms with van der Waals surface area (Å²) in [5.41, 5.74) is 6.13. The molecule has 8 heterocycles. The molecule has 0 radical (unpaired) electrons. The molecule has 3 aromatic carbocycles. The number of hydrogen-bond donors (Lipinski definition) is 4. The first kappa shape index (κ1) is 51.4.